The summed E-state index contributed by atoms with van der Waals surface area (Å²) in [5.41, 5.74) is 0.781. The molecule has 1 heterocycles. The fraction of sp³-hybridized carbons (Fsp3) is 0.200. The largest absolute Gasteiger partial charge is 0.493 e. The van der Waals surface area contributed by atoms with Crippen molar-refractivity contribution in [2.45, 2.75) is 12.0 Å². The van der Waals surface area contributed by atoms with Crippen molar-refractivity contribution in [2.75, 3.05) is 6.61 Å². The SMILES string of the molecule is OC(c1cc(F)ccc1F)C1COc2ccccc21. The summed E-state index contributed by atoms with van der Waals surface area (Å²) in [6.07, 6.45) is -1.13. The van der Waals surface area contributed by atoms with E-state index in [-0.39, 0.29) is 18.1 Å². The quantitative estimate of drug-likeness (QED) is 0.900. The zero-order valence-electron chi connectivity index (χ0n) is 10.0. The first-order chi connectivity index (χ1) is 9.16. The number of benzene rings is 2. The number of para-hydroxylation sites is 1. The smallest absolute Gasteiger partial charge is 0.129 e. The van der Waals surface area contributed by atoms with Gasteiger partial charge in [0.2, 0.25) is 0 Å². The van der Waals surface area contributed by atoms with Crippen LogP contribution in [0.15, 0.2) is 42.5 Å². The molecule has 0 fully saturated rings. The van der Waals surface area contributed by atoms with Gasteiger partial charge >= 0.3 is 0 Å². The van der Waals surface area contributed by atoms with E-state index in [2.05, 4.69) is 0 Å². The molecule has 0 aliphatic carbocycles. The molecule has 0 bridgehead atoms. The van der Waals surface area contributed by atoms with Gasteiger partial charge in [-0.25, -0.2) is 8.78 Å². The Labute approximate surface area is 109 Å². The molecule has 0 radical (unpaired) electrons. The third kappa shape index (κ3) is 2.08. The van der Waals surface area contributed by atoms with Crippen molar-refractivity contribution >= 4 is 0 Å². The predicted molar refractivity (Wildman–Crippen MR) is 66.0 cm³/mol. The number of hydrogen-bond donors (Lipinski definition) is 1. The molecule has 0 spiro atoms. The number of halogens is 2. The summed E-state index contributed by atoms with van der Waals surface area (Å²) in [6, 6.07) is 10.4. The Hall–Kier alpha value is -1.94. The average molecular weight is 262 g/mol. The molecular formula is C15H12F2O2. The maximum Gasteiger partial charge on any atom is 0.129 e. The summed E-state index contributed by atoms with van der Waals surface area (Å²) < 4.78 is 32.3. The van der Waals surface area contributed by atoms with Crippen molar-refractivity contribution in [1.29, 1.82) is 0 Å². The Kier molecular flexibility index (Phi) is 2.95. The van der Waals surface area contributed by atoms with E-state index < -0.39 is 17.7 Å². The highest BCUT2D eigenvalue weighted by molar-refractivity contribution is 5.41. The van der Waals surface area contributed by atoms with Gasteiger partial charge in [-0.3, -0.25) is 0 Å². The normalized spacial score (nSPS) is 18.8. The third-order valence-electron chi connectivity index (χ3n) is 3.39. The molecule has 1 aliphatic rings. The van der Waals surface area contributed by atoms with Gasteiger partial charge < -0.3 is 9.84 Å². The van der Waals surface area contributed by atoms with Gasteiger partial charge in [-0.15, -0.1) is 0 Å². The Morgan fingerprint density at radius 3 is 2.79 bits per heavy atom. The summed E-state index contributed by atoms with van der Waals surface area (Å²) in [5, 5.41) is 10.3. The van der Waals surface area contributed by atoms with Gasteiger partial charge in [0.15, 0.2) is 0 Å². The van der Waals surface area contributed by atoms with Crippen LogP contribution in [0.2, 0.25) is 0 Å². The molecule has 1 N–H and O–H groups in total. The van der Waals surface area contributed by atoms with Crippen molar-refractivity contribution in [2.24, 2.45) is 0 Å². The Balaban J connectivity index is 1.97. The highest BCUT2D eigenvalue weighted by Crippen LogP contribution is 2.41. The van der Waals surface area contributed by atoms with Crippen LogP contribution in [0.3, 0.4) is 0 Å². The first-order valence-corrected chi connectivity index (χ1v) is 6.01. The zero-order chi connectivity index (χ0) is 13.4. The van der Waals surface area contributed by atoms with E-state index in [4.69, 9.17) is 4.74 Å². The fourth-order valence-corrected chi connectivity index (χ4v) is 2.41. The molecule has 2 atom stereocenters. The fourth-order valence-electron chi connectivity index (χ4n) is 2.41. The molecule has 4 heteroatoms. The Bertz CT molecular complexity index is 613. The van der Waals surface area contributed by atoms with E-state index in [1.54, 1.807) is 6.07 Å². The van der Waals surface area contributed by atoms with Crippen molar-refractivity contribution in [3.63, 3.8) is 0 Å². The molecule has 0 saturated heterocycles. The number of ether oxygens (including phenoxy) is 1. The molecule has 2 nitrogen and oxygen atoms in total. The van der Waals surface area contributed by atoms with Crippen LogP contribution in [-0.2, 0) is 0 Å². The first-order valence-electron chi connectivity index (χ1n) is 6.01. The molecule has 0 amide bonds. The summed E-state index contributed by atoms with van der Waals surface area (Å²) in [4.78, 5) is 0. The number of fused-ring (bicyclic) bond motifs is 1. The minimum absolute atomic E-state index is 0.0368. The molecule has 98 valence electrons. The van der Waals surface area contributed by atoms with Gasteiger partial charge in [-0.1, -0.05) is 18.2 Å². The topological polar surface area (TPSA) is 29.5 Å². The molecule has 0 saturated carbocycles. The van der Waals surface area contributed by atoms with E-state index in [0.29, 0.717) is 5.75 Å². The minimum Gasteiger partial charge on any atom is -0.493 e. The van der Waals surface area contributed by atoms with Gasteiger partial charge in [0.25, 0.3) is 0 Å². The third-order valence-corrected chi connectivity index (χ3v) is 3.39. The van der Waals surface area contributed by atoms with E-state index >= 15 is 0 Å². The van der Waals surface area contributed by atoms with E-state index in [1.807, 2.05) is 18.2 Å². The molecule has 1 aliphatic heterocycles. The second kappa shape index (κ2) is 4.63. The molecule has 2 unspecified atom stereocenters. The van der Waals surface area contributed by atoms with E-state index in [0.717, 1.165) is 23.8 Å². The number of aliphatic hydroxyl groups excluding tert-OH is 1. The standard InChI is InChI=1S/C15H12F2O2/c16-9-5-6-13(17)11(7-9)15(18)12-8-19-14-4-2-1-3-10(12)14/h1-7,12,15,18H,8H2. The summed E-state index contributed by atoms with van der Waals surface area (Å²) in [6.45, 7) is 0.260. The second-order valence-electron chi connectivity index (χ2n) is 4.57. The number of aliphatic hydroxyl groups is 1. The van der Waals surface area contributed by atoms with Crippen LogP contribution in [-0.4, -0.2) is 11.7 Å². The maximum absolute atomic E-state index is 13.7. The van der Waals surface area contributed by atoms with Crippen LogP contribution in [0, 0.1) is 11.6 Å². The zero-order valence-corrected chi connectivity index (χ0v) is 10.0. The summed E-state index contributed by atoms with van der Waals surface area (Å²) >= 11 is 0. The molecule has 2 aromatic carbocycles. The van der Waals surface area contributed by atoms with Crippen molar-refractivity contribution in [3.8, 4) is 5.75 Å². The minimum atomic E-state index is -1.13. The van der Waals surface area contributed by atoms with Crippen LogP contribution < -0.4 is 4.74 Å². The second-order valence-corrected chi connectivity index (χ2v) is 4.57. The van der Waals surface area contributed by atoms with E-state index in [9.17, 15) is 13.9 Å². The van der Waals surface area contributed by atoms with Gasteiger partial charge in [-0.2, -0.15) is 0 Å². The lowest BCUT2D eigenvalue weighted by Gasteiger charge is -2.18. The highest BCUT2D eigenvalue weighted by atomic mass is 19.1. The van der Waals surface area contributed by atoms with Crippen LogP contribution in [0.5, 0.6) is 5.75 Å². The molecule has 2 aromatic rings. The van der Waals surface area contributed by atoms with Gasteiger partial charge in [0.05, 0.1) is 18.6 Å². The van der Waals surface area contributed by atoms with Crippen LogP contribution in [0.4, 0.5) is 8.78 Å². The Morgan fingerprint density at radius 2 is 1.95 bits per heavy atom. The molecule has 3 rings (SSSR count). The lowest BCUT2D eigenvalue weighted by Crippen LogP contribution is -2.14. The Morgan fingerprint density at radius 1 is 1.16 bits per heavy atom. The summed E-state index contributed by atoms with van der Waals surface area (Å²) in [5.74, 6) is -0.878. The van der Waals surface area contributed by atoms with Crippen molar-refractivity contribution in [1.82, 2.24) is 0 Å². The molecular weight excluding hydrogens is 250 g/mol. The van der Waals surface area contributed by atoms with Gasteiger partial charge in [0.1, 0.15) is 17.4 Å². The predicted octanol–water partition coefficient (Wildman–Crippen LogP) is 3.17. The van der Waals surface area contributed by atoms with Gasteiger partial charge in [-0.05, 0) is 24.3 Å². The first kappa shape index (κ1) is 12.1. The van der Waals surface area contributed by atoms with Crippen LogP contribution in [0.25, 0.3) is 0 Å². The monoisotopic (exact) mass is 262 g/mol. The van der Waals surface area contributed by atoms with E-state index in [1.165, 1.54) is 0 Å². The maximum atomic E-state index is 13.7. The summed E-state index contributed by atoms with van der Waals surface area (Å²) in [7, 11) is 0. The highest BCUT2D eigenvalue weighted by Gasteiger charge is 2.32. The number of hydrogen-bond acceptors (Lipinski definition) is 2. The lowest BCUT2D eigenvalue weighted by molar-refractivity contribution is 0.126. The van der Waals surface area contributed by atoms with Gasteiger partial charge in [0, 0.05) is 11.1 Å². The van der Waals surface area contributed by atoms with Crippen molar-refractivity contribution < 1.29 is 18.6 Å². The average Bonchev–Trinajstić information content (AvgIpc) is 2.84. The van der Waals surface area contributed by atoms with Crippen LogP contribution in [0.1, 0.15) is 23.1 Å². The molecule has 0 aromatic heterocycles. The number of rotatable bonds is 2. The lowest BCUT2D eigenvalue weighted by atomic mass is 9.90. The van der Waals surface area contributed by atoms with Crippen molar-refractivity contribution in [3.05, 3.63) is 65.2 Å². The van der Waals surface area contributed by atoms with Crippen LogP contribution >= 0.6 is 0 Å². The molecule has 19 heavy (non-hydrogen) atoms.